The molecule has 0 radical (unpaired) electrons. The van der Waals surface area contributed by atoms with Gasteiger partial charge in [-0.2, -0.15) is 0 Å². The summed E-state index contributed by atoms with van der Waals surface area (Å²) in [5, 5.41) is 2.62. The Morgan fingerprint density at radius 3 is 2.33 bits per heavy atom. The average Bonchev–Trinajstić information content (AvgIpc) is 1.99. The Morgan fingerprint density at radius 1 is 1.67 bits per heavy atom. The van der Waals surface area contributed by atoms with Gasteiger partial charge in [-0.3, -0.25) is 4.79 Å². The van der Waals surface area contributed by atoms with Crippen molar-refractivity contribution in [2.75, 3.05) is 6.54 Å². The molecular formula is C6H13NO4P+. The molecule has 0 heterocycles. The smallest absolute Gasteiger partial charge is 0.353 e. The van der Waals surface area contributed by atoms with Gasteiger partial charge in [-0.15, -0.1) is 9.79 Å². The number of hydrogen-bond donors (Lipinski definition) is 3. The summed E-state index contributed by atoms with van der Waals surface area (Å²) >= 11 is 0. The first kappa shape index (κ1) is 13.8. The van der Waals surface area contributed by atoms with Crippen molar-refractivity contribution in [2.45, 2.75) is 13.3 Å². The molecule has 3 N–H and O–H groups in total. The second kappa shape index (κ2) is 10.2. The first-order chi connectivity index (χ1) is 5.54. The Balaban J connectivity index is 0. The zero-order chi connectivity index (χ0) is 9.98. The van der Waals surface area contributed by atoms with Crippen LogP contribution in [-0.4, -0.2) is 22.2 Å². The lowest BCUT2D eigenvalue weighted by Crippen LogP contribution is -2.20. The lowest BCUT2D eigenvalue weighted by molar-refractivity contribution is -0.116. The minimum Gasteiger partial charge on any atom is -0.353 e. The van der Waals surface area contributed by atoms with E-state index in [1.165, 1.54) is 6.08 Å². The summed E-state index contributed by atoms with van der Waals surface area (Å²) in [6, 6.07) is 0. The van der Waals surface area contributed by atoms with E-state index in [2.05, 4.69) is 11.9 Å². The highest BCUT2D eigenvalue weighted by atomic mass is 31.1. The fraction of sp³-hybridized carbons (Fsp3) is 0.500. The van der Waals surface area contributed by atoms with Crippen molar-refractivity contribution in [3.63, 3.8) is 0 Å². The van der Waals surface area contributed by atoms with Crippen molar-refractivity contribution < 1.29 is 19.1 Å². The van der Waals surface area contributed by atoms with Gasteiger partial charge in [0.1, 0.15) is 0 Å². The van der Waals surface area contributed by atoms with Crippen molar-refractivity contribution >= 4 is 14.2 Å². The molecule has 0 atom stereocenters. The van der Waals surface area contributed by atoms with Crippen molar-refractivity contribution in [1.82, 2.24) is 5.32 Å². The maximum atomic E-state index is 10.3. The zero-order valence-corrected chi connectivity index (χ0v) is 7.75. The number of nitrogens with one attached hydrogen (secondary N) is 1. The molecule has 0 aromatic heterocycles. The van der Waals surface area contributed by atoms with Crippen molar-refractivity contribution in [1.29, 1.82) is 0 Å². The number of hydrogen-bond acceptors (Lipinski definition) is 2. The van der Waals surface area contributed by atoms with Crippen molar-refractivity contribution in [3.05, 3.63) is 12.7 Å². The van der Waals surface area contributed by atoms with Crippen LogP contribution in [0.4, 0.5) is 0 Å². The Labute approximate surface area is 72.1 Å². The minimum atomic E-state index is -2.87. The van der Waals surface area contributed by atoms with Gasteiger partial charge in [0.25, 0.3) is 0 Å². The second-order valence-corrected chi connectivity index (χ2v) is 2.25. The van der Waals surface area contributed by atoms with E-state index in [0.29, 0.717) is 0 Å². The van der Waals surface area contributed by atoms with Gasteiger partial charge < -0.3 is 5.32 Å². The van der Waals surface area contributed by atoms with Crippen LogP contribution in [0.2, 0.25) is 0 Å². The molecule has 0 saturated carbocycles. The molecule has 12 heavy (non-hydrogen) atoms. The predicted molar refractivity (Wildman–Crippen MR) is 45.5 cm³/mol. The van der Waals surface area contributed by atoms with E-state index < -0.39 is 8.25 Å². The van der Waals surface area contributed by atoms with Gasteiger partial charge >= 0.3 is 8.25 Å². The van der Waals surface area contributed by atoms with E-state index >= 15 is 0 Å². The largest absolute Gasteiger partial charge is 0.692 e. The monoisotopic (exact) mass is 194 g/mol. The number of rotatable bonds is 3. The molecule has 0 aromatic rings. The number of carbonyl (C=O) groups excluding carboxylic acids is 1. The third-order valence-corrected chi connectivity index (χ3v) is 0.735. The Hall–Kier alpha value is -0.770. The standard InChI is InChI=1S/C6H11NO.HO3P/c1-3-5-7-6(8)4-2;1-4(2)3/h4H,2-3,5H2,1H3,(H,7,8);(H-,1,2,3)/p+1. The normalized spacial score (nSPS) is 7.58. The molecule has 0 spiro atoms. The van der Waals surface area contributed by atoms with Crippen LogP contribution in [0.25, 0.3) is 0 Å². The molecule has 6 heteroatoms. The fourth-order valence-corrected chi connectivity index (χ4v) is 0.320. The molecular weight excluding hydrogens is 181 g/mol. The van der Waals surface area contributed by atoms with Crippen LogP contribution < -0.4 is 5.32 Å². The van der Waals surface area contributed by atoms with Crippen molar-refractivity contribution in [2.24, 2.45) is 0 Å². The Bertz CT molecular complexity index is 156. The van der Waals surface area contributed by atoms with E-state index in [9.17, 15) is 4.79 Å². The SMILES string of the molecule is C=CC(=O)NCCC.O=[P+](O)O. The van der Waals surface area contributed by atoms with E-state index in [4.69, 9.17) is 14.4 Å². The lowest BCUT2D eigenvalue weighted by atomic mass is 10.4. The van der Waals surface area contributed by atoms with Crippen LogP contribution in [0.1, 0.15) is 13.3 Å². The molecule has 5 nitrogen and oxygen atoms in total. The first-order valence-electron chi connectivity index (χ1n) is 3.29. The summed E-state index contributed by atoms with van der Waals surface area (Å²) in [6.45, 7) is 6.05. The fourth-order valence-electron chi connectivity index (χ4n) is 0.320. The van der Waals surface area contributed by atoms with E-state index in [1.54, 1.807) is 0 Å². The predicted octanol–water partition coefficient (Wildman–Crippen LogP) is 0.327. The average molecular weight is 194 g/mol. The molecule has 0 unspecified atom stereocenters. The molecule has 0 rings (SSSR count). The molecule has 0 aromatic carbocycles. The molecule has 0 aliphatic carbocycles. The second-order valence-electron chi connectivity index (χ2n) is 1.75. The molecule has 0 saturated heterocycles. The highest BCUT2D eigenvalue weighted by Gasteiger charge is 1.93. The van der Waals surface area contributed by atoms with Crippen LogP contribution in [-0.2, 0) is 9.36 Å². The first-order valence-corrected chi connectivity index (χ1v) is 4.46. The van der Waals surface area contributed by atoms with Gasteiger partial charge in [0.2, 0.25) is 5.91 Å². The van der Waals surface area contributed by atoms with Crippen LogP contribution in [0.5, 0.6) is 0 Å². The number of carbonyl (C=O) groups is 1. The van der Waals surface area contributed by atoms with Gasteiger partial charge in [-0.25, -0.2) is 0 Å². The molecule has 0 aliphatic heterocycles. The van der Waals surface area contributed by atoms with Crippen LogP contribution in [0.15, 0.2) is 12.7 Å². The maximum Gasteiger partial charge on any atom is 0.692 e. The van der Waals surface area contributed by atoms with Gasteiger partial charge in [0.15, 0.2) is 0 Å². The van der Waals surface area contributed by atoms with Gasteiger partial charge in [0, 0.05) is 11.1 Å². The summed E-state index contributed by atoms with van der Waals surface area (Å²) in [6.07, 6.45) is 2.25. The van der Waals surface area contributed by atoms with Crippen LogP contribution in [0.3, 0.4) is 0 Å². The zero-order valence-electron chi connectivity index (χ0n) is 6.86. The maximum absolute atomic E-state index is 10.3. The summed E-state index contributed by atoms with van der Waals surface area (Å²) < 4.78 is 8.70. The summed E-state index contributed by atoms with van der Waals surface area (Å²) in [5.41, 5.74) is 0. The molecule has 1 amide bonds. The van der Waals surface area contributed by atoms with Crippen molar-refractivity contribution in [3.8, 4) is 0 Å². The lowest BCUT2D eigenvalue weighted by Gasteiger charge is -1.94. The molecule has 0 fully saturated rings. The van der Waals surface area contributed by atoms with E-state index in [-0.39, 0.29) is 5.91 Å². The van der Waals surface area contributed by atoms with E-state index in [0.717, 1.165) is 13.0 Å². The Morgan fingerprint density at radius 2 is 2.08 bits per heavy atom. The molecule has 70 valence electrons. The Kier molecular flexibility index (Phi) is 11.8. The van der Waals surface area contributed by atoms with Gasteiger partial charge in [0.05, 0.1) is 0 Å². The highest BCUT2D eigenvalue weighted by Crippen LogP contribution is 1.98. The van der Waals surface area contributed by atoms with Crippen LogP contribution >= 0.6 is 8.25 Å². The summed E-state index contributed by atoms with van der Waals surface area (Å²) in [4.78, 5) is 24.6. The number of amides is 1. The highest BCUT2D eigenvalue weighted by molar-refractivity contribution is 7.30. The minimum absolute atomic E-state index is 0.0909. The summed E-state index contributed by atoms with van der Waals surface area (Å²) in [7, 11) is -2.87. The molecule has 0 aliphatic rings. The van der Waals surface area contributed by atoms with Gasteiger partial charge in [-0.05, 0) is 12.5 Å². The molecule has 0 bridgehead atoms. The third-order valence-electron chi connectivity index (χ3n) is 0.735. The third kappa shape index (κ3) is 22.9. The van der Waals surface area contributed by atoms with Crippen LogP contribution in [0, 0.1) is 0 Å². The van der Waals surface area contributed by atoms with E-state index in [1.807, 2.05) is 6.92 Å². The summed E-state index contributed by atoms with van der Waals surface area (Å²) in [5.74, 6) is -0.0909. The van der Waals surface area contributed by atoms with Gasteiger partial charge in [-0.1, -0.05) is 13.5 Å². The topological polar surface area (TPSA) is 86.6 Å². The quantitative estimate of drug-likeness (QED) is 0.446.